The molecule has 0 fully saturated rings. The lowest BCUT2D eigenvalue weighted by atomic mass is 10.3. The molecule has 0 aliphatic heterocycles. The predicted octanol–water partition coefficient (Wildman–Crippen LogP) is 2.28. The second-order valence-electron chi connectivity index (χ2n) is 4.02. The summed E-state index contributed by atoms with van der Waals surface area (Å²) in [5.41, 5.74) is 1.08. The van der Waals surface area contributed by atoms with Gasteiger partial charge in [0.2, 0.25) is 5.88 Å². The van der Waals surface area contributed by atoms with Crippen LogP contribution in [0.25, 0.3) is 0 Å². The Hall–Kier alpha value is -0.650. The molecule has 1 heterocycles. The molecule has 18 heavy (non-hydrogen) atoms. The van der Waals surface area contributed by atoms with Gasteiger partial charge in [-0.1, -0.05) is 13.8 Å². The molecule has 0 aromatic carbocycles. The highest BCUT2D eigenvalue weighted by molar-refractivity contribution is 9.10. The highest BCUT2D eigenvalue weighted by Gasteiger charge is 2.06. The topological polar surface area (TPSA) is 37.4 Å². The van der Waals surface area contributed by atoms with Crippen molar-refractivity contribution in [2.75, 3.05) is 33.3 Å². The van der Waals surface area contributed by atoms with Crippen LogP contribution < -0.4 is 10.1 Å². The fraction of sp³-hybridized carbons (Fsp3) is 0.615. The van der Waals surface area contributed by atoms with Crippen LogP contribution in [0.1, 0.15) is 19.4 Å². The van der Waals surface area contributed by atoms with Crippen LogP contribution in [0, 0.1) is 0 Å². The first-order valence-electron chi connectivity index (χ1n) is 6.35. The summed E-state index contributed by atoms with van der Waals surface area (Å²) in [6, 6.07) is 2.04. The molecule has 5 heteroatoms. The van der Waals surface area contributed by atoms with Crippen LogP contribution in [-0.4, -0.2) is 43.2 Å². The second kappa shape index (κ2) is 8.45. The van der Waals surface area contributed by atoms with Crippen LogP contribution in [0.15, 0.2) is 16.7 Å². The average molecular weight is 316 g/mol. The summed E-state index contributed by atoms with van der Waals surface area (Å²) in [7, 11) is 1.92. The highest BCUT2D eigenvalue weighted by Crippen LogP contribution is 2.19. The van der Waals surface area contributed by atoms with E-state index >= 15 is 0 Å². The van der Waals surface area contributed by atoms with Gasteiger partial charge >= 0.3 is 0 Å². The van der Waals surface area contributed by atoms with E-state index < -0.39 is 0 Å². The maximum atomic E-state index is 5.77. The summed E-state index contributed by atoms with van der Waals surface area (Å²) < 4.78 is 6.74. The number of likely N-dealkylation sites (N-methyl/N-ethyl adjacent to an activating group) is 1. The Labute approximate surface area is 118 Å². The zero-order valence-electron chi connectivity index (χ0n) is 11.4. The predicted molar refractivity (Wildman–Crippen MR) is 78.0 cm³/mol. The van der Waals surface area contributed by atoms with Gasteiger partial charge in [-0.3, -0.25) is 0 Å². The molecule has 102 valence electrons. The Bertz CT molecular complexity index is 356. The number of hydrogen-bond donors (Lipinski definition) is 1. The maximum absolute atomic E-state index is 5.77. The molecule has 0 aliphatic carbocycles. The van der Waals surface area contributed by atoms with Crippen molar-refractivity contribution < 1.29 is 4.74 Å². The van der Waals surface area contributed by atoms with Crippen LogP contribution in [0.4, 0.5) is 0 Å². The van der Waals surface area contributed by atoms with E-state index in [1.807, 2.05) is 13.1 Å². The number of hydrogen-bond acceptors (Lipinski definition) is 4. The Morgan fingerprint density at radius 1 is 1.39 bits per heavy atom. The van der Waals surface area contributed by atoms with E-state index in [1.54, 1.807) is 6.20 Å². The lowest BCUT2D eigenvalue weighted by Gasteiger charge is -2.18. The van der Waals surface area contributed by atoms with Crippen LogP contribution >= 0.6 is 15.9 Å². The minimum Gasteiger partial charge on any atom is -0.476 e. The Morgan fingerprint density at radius 3 is 2.72 bits per heavy atom. The van der Waals surface area contributed by atoms with E-state index in [2.05, 4.69) is 45.0 Å². The molecule has 0 unspecified atom stereocenters. The number of rotatable bonds is 8. The lowest BCUT2D eigenvalue weighted by molar-refractivity contribution is 0.216. The lowest BCUT2D eigenvalue weighted by Crippen LogP contribution is -2.28. The SMILES string of the molecule is CCN(CC)CCOc1ncc(Br)cc1CNC. The van der Waals surface area contributed by atoms with Crippen molar-refractivity contribution in [1.82, 2.24) is 15.2 Å². The number of aromatic nitrogens is 1. The van der Waals surface area contributed by atoms with Gasteiger partial charge in [0.15, 0.2) is 0 Å². The monoisotopic (exact) mass is 315 g/mol. The zero-order valence-corrected chi connectivity index (χ0v) is 13.0. The average Bonchev–Trinajstić information content (AvgIpc) is 2.37. The summed E-state index contributed by atoms with van der Waals surface area (Å²) in [5.74, 6) is 0.722. The third-order valence-electron chi connectivity index (χ3n) is 2.80. The van der Waals surface area contributed by atoms with E-state index in [9.17, 15) is 0 Å². The Morgan fingerprint density at radius 2 is 2.11 bits per heavy atom. The summed E-state index contributed by atoms with van der Waals surface area (Å²) in [5, 5.41) is 3.12. The third-order valence-corrected chi connectivity index (χ3v) is 3.23. The number of ether oxygens (including phenoxy) is 1. The van der Waals surface area contributed by atoms with Crippen LogP contribution in [0.5, 0.6) is 5.88 Å². The molecule has 0 bridgehead atoms. The van der Waals surface area contributed by atoms with Gasteiger partial charge in [0, 0.05) is 29.3 Å². The summed E-state index contributed by atoms with van der Waals surface area (Å²) in [6.45, 7) is 8.79. The van der Waals surface area contributed by atoms with E-state index in [0.717, 1.165) is 42.1 Å². The van der Waals surface area contributed by atoms with E-state index in [-0.39, 0.29) is 0 Å². The molecule has 0 saturated heterocycles. The van der Waals surface area contributed by atoms with Gasteiger partial charge < -0.3 is 15.0 Å². The fourth-order valence-corrected chi connectivity index (χ4v) is 2.11. The number of nitrogens with one attached hydrogen (secondary N) is 1. The standard InChI is InChI=1S/C13H22BrN3O/c1-4-17(5-2)6-7-18-13-11(9-15-3)8-12(14)10-16-13/h8,10,15H,4-7,9H2,1-3H3. The smallest absolute Gasteiger partial charge is 0.217 e. The molecule has 0 saturated carbocycles. The molecule has 0 aliphatic rings. The van der Waals surface area contributed by atoms with Crippen molar-refractivity contribution in [3.63, 3.8) is 0 Å². The van der Waals surface area contributed by atoms with Crippen LogP contribution in [0.3, 0.4) is 0 Å². The first-order chi connectivity index (χ1) is 8.71. The molecule has 1 N–H and O–H groups in total. The van der Waals surface area contributed by atoms with Gasteiger partial charge in [-0.15, -0.1) is 0 Å². The molecule has 1 aromatic heterocycles. The maximum Gasteiger partial charge on any atom is 0.217 e. The van der Waals surface area contributed by atoms with Gasteiger partial charge in [-0.05, 0) is 42.1 Å². The molecule has 4 nitrogen and oxygen atoms in total. The van der Waals surface area contributed by atoms with Crippen molar-refractivity contribution in [3.8, 4) is 5.88 Å². The Balaban J connectivity index is 2.55. The number of pyridine rings is 1. The molecule has 0 spiro atoms. The van der Waals surface area contributed by atoms with Gasteiger partial charge in [-0.2, -0.15) is 0 Å². The molecule has 0 atom stereocenters. The molecule has 0 radical (unpaired) electrons. The van der Waals surface area contributed by atoms with Gasteiger partial charge in [0.25, 0.3) is 0 Å². The van der Waals surface area contributed by atoms with Gasteiger partial charge in [0.05, 0.1) is 0 Å². The van der Waals surface area contributed by atoms with Crippen molar-refractivity contribution in [2.45, 2.75) is 20.4 Å². The Kier molecular flexibility index (Phi) is 7.23. The molecular weight excluding hydrogens is 294 g/mol. The van der Waals surface area contributed by atoms with Crippen LogP contribution in [-0.2, 0) is 6.54 Å². The van der Waals surface area contributed by atoms with Crippen molar-refractivity contribution in [2.24, 2.45) is 0 Å². The van der Waals surface area contributed by atoms with Crippen LogP contribution in [0.2, 0.25) is 0 Å². The summed E-state index contributed by atoms with van der Waals surface area (Å²) >= 11 is 3.43. The van der Waals surface area contributed by atoms with Crippen molar-refractivity contribution >= 4 is 15.9 Å². The molecule has 0 amide bonds. The first kappa shape index (κ1) is 15.4. The minimum atomic E-state index is 0.674. The number of halogens is 1. The van der Waals surface area contributed by atoms with Crippen molar-refractivity contribution in [1.29, 1.82) is 0 Å². The van der Waals surface area contributed by atoms with E-state index in [0.29, 0.717) is 6.61 Å². The van der Waals surface area contributed by atoms with Gasteiger partial charge in [-0.25, -0.2) is 4.98 Å². The largest absolute Gasteiger partial charge is 0.476 e. The normalized spacial score (nSPS) is 10.9. The van der Waals surface area contributed by atoms with E-state index in [4.69, 9.17) is 4.74 Å². The molecule has 1 aromatic rings. The highest BCUT2D eigenvalue weighted by atomic mass is 79.9. The van der Waals surface area contributed by atoms with Gasteiger partial charge in [0.1, 0.15) is 6.61 Å². The summed E-state index contributed by atoms with van der Waals surface area (Å²) in [4.78, 5) is 6.65. The third kappa shape index (κ3) is 4.92. The summed E-state index contributed by atoms with van der Waals surface area (Å²) in [6.07, 6.45) is 1.77. The zero-order chi connectivity index (χ0) is 13.4. The number of nitrogens with zero attached hydrogens (tertiary/aromatic N) is 2. The first-order valence-corrected chi connectivity index (χ1v) is 7.14. The molecule has 1 rings (SSSR count). The van der Waals surface area contributed by atoms with E-state index in [1.165, 1.54) is 0 Å². The fourth-order valence-electron chi connectivity index (χ4n) is 1.73. The minimum absolute atomic E-state index is 0.674. The molecular formula is C13H22BrN3O. The quantitative estimate of drug-likeness (QED) is 0.798. The second-order valence-corrected chi connectivity index (χ2v) is 4.94. The van der Waals surface area contributed by atoms with Crippen molar-refractivity contribution in [3.05, 3.63) is 22.3 Å².